The van der Waals surface area contributed by atoms with Crippen molar-refractivity contribution >= 4 is 5.91 Å². The van der Waals surface area contributed by atoms with Gasteiger partial charge in [0.2, 0.25) is 5.91 Å². The molecule has 2 aliphatic rings. The summed E-state index contributed by atoms with van der Waals surface area (Å²) in [5.41, 5.74) is 6.51. The maximum atomic E-state index is 10.9. The zero-order chi connectivity index (χ0) is 13.0. The molecule has 1 saturated carbocycles. The Hall–Kier alpha value is -0.870. The number of carbonyl (C=O) groups is 1. The first-order chi connectivity index (χ1) is 8.63. The second kappa shape index (κ2) is 6.34. The highest BCUT2D eigenvalue weighted by Crippen LogP contribution is 2.21. The van der Waals surface area contributed by atoms with E-state index < -0.39 is 0 Å². The minimum Gasteiger partial charge on any atom is -0.370 e. The van der Waals surface area contributed by atoms with E-state index in [4.69, 9.17) is 5.73 Å². The molecule has 0 aromatic rings. The molecule has 1 aliphatic heterocycles. The van der Waals surface area contributed by atoms with Crippen molar-refractivity contribution in [3.8, 4) is 0 Å². The summed E-state index contributed by atoms with van der Waals surface area (Å²) in [6.45, 7) is 8.22. The molecule has 0 spiro atoms. The van der Waals surface area contributed by atoms with E-state index in [0.29, 0.717) is 12.3 Å². The molecule has 4 nitrogen and oxygen atoms in total. The van der Waals surface area contributed by atoms with Crippen molar-refractivity contribution in [2.75, 3.05) is 26.2 Å². The Morgan fingerprint density at radius 3 is 2.50 bits per heavy atom. The van der Waals surface area contributed by atoms with Crippen molar-refractivity contribution in [3.05, 3.63) is 12.2 Å². The molecule has 0 atom stereocenters. The van der Waals surface area contributed by atoms with E-state index in [-0.39, 0.29) is 5.91 Å². The van der Waals surface area contributed by atoms with Crippen LogP contribution in [0.25, 0.3) is 0 Å². The molecule has 0 aromatic carbocycles. The van der Waals surface area contributed by atoms with Gasteiger partial charge in [0.1, 0.15) is 0 Å². The summed E-state index contributed by atoms with van der Waals surface area (Å²) in [5.74, 6) is 0.336. The maximum absolute atomic E-state index is 10.9. The lowest BCUT2D eigenvalue weighted by Gasteiger charge is -2.32. The summed E-state index contributed by atoms with van der Waals surface area (Å²) in [6, 6.07) is 0.753. The van der Waals surface area contributed by atoms with Gasteiger partial charge in [0.05, 0.1) is 0 Å². The predicted molar refractivity (Wildman–Crippen MR) is 73.1 cm³/mol. The maximum Gasteiger partial charge on any atom is 0.217 e. The first kappa shape index (κ1) is 13.6. The zero-order valence-corrected chi connectivity index (χ0v) is 11.2. The fourth-order valence-electron chi connectivity index (χ4n) is 2.58. The molecule has 0 aromatic heterocycles. The lowest BCUT2D eigenvalue weighted by Crippen LogP contribution is -2.37. The minimum atomic E-state index is -0.161. The summed E-state index contributed by atoms with van der Waals surface area (Å²) in [4.78, 5) is 13.3. The molecule has 0 unspecified atom stereocenters. The molecule has 102 valence electrons. The fraction of sp³-hybridized carbons (Fsp3) is 0.786. The predicted octanol–water partition coefficient (Wildman–Crippen LogP) is 0.882. The van der Waals surface area contributed by atoms with E-state index in [1.807, 2.05) is 0 Å². The highest BCUT2D eigenvalue weighted by Gasteiger charge is 2.22. The van der Waals surface area contributed by atoms with Gasteiger partial charge in [-0.1, -0.05) is 6.58 Å². The Kier molecular flexibility index (Phi) is 4.78. The molecule has 0 radical (unpaired) electrons. The second-order valence-corrected chi connectivity index (χ2v) is 5.80. The van der Waals surface area contributed by atoms with Crippen LogP contribution in [0, 0.1) is 5.92 Å². The lowest BCUT2D eigenvalue weighted by molar-refractivity contribution is -0.119. The van der Waals surface area contributed by atoms with Crippen LogP contribution < -0.4 is 11.1 Å². The summed E-state index contributed by atoms with van der Waals surface area (Å²) in [7, 11) is 0. The third kappa shape index (κ3) is 4.78. The number of hydrogen-bond donors (Lipinski definition) is 2. The van der Waals surface area contributed by atoms with Gasteiger partial charge in [-0.05, 0) is 50.3 Å². The quantitative estimate of drug-likeness (QED) is 0.660. The van der Waals surface area contributed by atoms with Gasteiger partial charge < -0.3 is 11.1 Å². The van der Waals surface area contributed by atoms with Gasteiger partial charge >= 0.3 is 0 Å². The van der Waals surface area contributed by atoms with Gasteiger partial charge in [-0.2, -0.15) is 0 Å². The second-order valence-electron chi connectivity index (χ2n) is 5.80. The van der Waals surface area contributed by atoms with Crippen LogP contribution >= 0.6 is 0 Å². The summed E-state index contributed by atoms with van der Waals surface area (Å²) in [6.07, 6.45) is 5.38. The van der Waals surface area contributed by atoms with Gasteiger partial charge in [0, 0.05) is 25.6 Å². The Labute approximate surface area is 110 Å². The van der Waals surface area contributed by atoms with E-state index in [2.05, 4.69) is 16.8 Å². The molecule has 2 rings (SSSR count). The van der Waals surface area contributed by atoms with E-state index in [9.17, 15) is 4.79 Å². The largest absolute Gasteiger partial charge is 0.370 e. The number of nitrogens with zero attached hydrogens (tertiary/aromatic N) is 1. The first-order valence-electron chi connectivity index (χ1n) is 7.04. The van der Waals surface area contributed by atoms with Crippen molar-refractivity contribution in [3.63, 3.8) is 0 Å². The minimum absolute atomic E-state index is 0.161. The Morgan fingerprint density at radius 2 is 1.94 bits per heavy atom. The van der Waals surface area contributed by atoms with Gasteiger partial charge in [-0.3, -0.25) is 9.69 Å². The molecular formula is C14H25N3O. The van der Waals surface area contributed by atoms with E-state index in [1.54, 1.807) is 0 Å². The number of primary amides is 1. The van der Waals surface area contributed by atoms with Crippen molar-refractivity contribution in [2.45, 2.75) is 38.1 Å². The highest BCUT2D eigenvalue weighted by atomic mass is 16.1. The standard InChI is InChI=1S/C14H25N3O/c1-11(9-16-13-2-3-13)10-17-6-4-12(5-7-17)8-14(15)18/h12-13,16H,1-10H2,(H2,15,18). The molecule has 1 saturated heterocycles. The van der Waals surface area contributed by atoms with Crippen molar-refractivity contribution in [1.29, 1.82) is 0 Å². The number of amides is 1. The van der Waals surface area contributed by atoms with Crippen LogP contribution in [-0.2, 0) is 4.79 Å². The fourth-order valence-corrected chi connectivity index (χ4v) is 2.58. The zero-order valence-electron chi connectivity index (χ0n) is 11.2. The van der Waals surface area contributed by atoms with Crippen LogP contribution in [-0.4, -0.2) is 43.0 Å². The van der Waals surface area contributed by atoms with Gasteiger partial charge in [0.25, 0.3) is 0 Å². The molecule has 1 aliphatic carbocycles. The Bertz CT molecular complexity index is 304. The van der Waals surface area contributed by atoms with Crippen LogP contribution in [0.15, 0.2) is 12.2 Å². The number of carbonyl (C=O) groups excluding carboxylic acids is 1. The molecule has 3 N–H and O–H groups in total. The molecule has 1 heterocycles. The monoisotopic (exact) mass is 251 g/mol. The normalized spacial score (nSPS) is 22.0. The number of nitrogens with one attached hydrogen (secondary N) is 1. The van der Waals surface area contributed by atoms with Crippen molar-refractivity contribution in [1.82, 2.24) is 10.2 Å². The van der Waals surface area contributed by atoms with E-state index in [0.717, 1.165) is 45.1 Å². The van der Waals surface area contributed by atoms with Crippen molar-refractivity contribution < 1.29 is 4.79 Å². The number of likely N-dealkylation sites (tertiary alicyclic amines) is 1. The Balaban J connectivity index is 1.60. The molecule has 0 bridgehead atoms. The average molecular weight is 251 g/mol. The number of piperidine rings is 1. The van der Waals surface area contributed by atoms with Gasteiger partial charge in [-0.25, -0.2) is 0 Å². The molecule has 2 fully saturated rings. The first-order valence-corrected chi connectivity index (χ1v) is 7.04. The third-order valence-corrected chi connectivity index (χ3v) is 3.86. The van der Waals surface area contributed by atoms with E-state index >= 15 is 0 Å². The highest BCUT2D eigenvalue weighted by molar-refractivity contribution is 5.73. The number of rotatable bonds is 7. The average Bonchev–Trinajstić information content (AvgIpc) is 3.12. The SMILES string of the molecule is C=C(CNC1CC1)CN1CCC(CC(N)=O)CC1. The molecule has 4 heteroatoms. The summed E-state index contributed by atoms with van der Waals surface area (Å²) in [5, 5.41) is 3.49. The van der Waals surface area contributed by atoms with Crippen molar-refractivity contribution in [2.24, 2.45) is 11.7 Å². The smallest absolute Gasteiger partial charge is 0.217 e. The molecule has 1 amide bonds. The molecular weight excluding hydrogens is 226 g/mol. The van der Waals surface area contributed by atoms with E-state index in [1.165, 1.54) is 18.4 Å². The van der Waals surface area contributed by atoms with Crippen LogP contribution in [0.5, 0.6) is 0 Å². The number of nitrogens with two attached hydrogens (primary N) is 1. The Morgan fingerprint density at radius 1 is 1.28 bits per heavy atom. The third-order valence-electron chi connectivity index (χ3n) is 3.86. The van der Waals surface area contributed by atoms with Gasteiger partial charge in [-0.15, -0.1) is 0 Å². The van der Waals surface area contributed by atoms with Crippen LogP contribution in [0.3, 0.4) is 0 Å². The van der Waals surface area contributed by atoms with Gasteiger partial charge in [0.15, 0.2) is 0 Å². The summed E-state index contributed by atoms with van der Waals surface area (Å²) >= 11 is 0. The lowest BCUT2D eigenvalue weighted by atomic mass is 9.93. The number of hydrogen-bond acceptors (Lipinski definition) is 3. The molecule has 18 heavy (non-hydrogen) atoms. The summed E-state index contributed by atoms with van der Waals surface area (Å²) < 4.78 is 0. The topological polar surface area (TPSA) is 58.4 Å². The van der Waals surface area contributed by atoms with Crippen LogP contribution in [0.1, 0.15) is 32.1 Å². The van der Waals surface area contributed by atoms with Crippen LogP contribution in [0.4, 0.5) is 0 Å². The van der Waals surface area contributed by atoms with Crippen LogP contribution in [0.2, 0.25) is 0 Å².